The highest BCUT2D eigenvalue weighted by Crippen LogP contribution is 2.35. The summed E-state index contributed by atoms with van der Waals surface area (Å²) >= 11 is 0. The molecule has 0 amide bonds. The standard InChI is InChI=1S/C13H25NO2/c1-9-6-10(2)8-13(14,7-9)11(15)16-12(3,4)5/h9-10H,6-8,14H2,1-5H3/t9-,10+,13?. The van der Waals surface area contributed by atoms with E-state index in [0.717, 1.165) is 19.3 Å². The van der Waals surface area contributed by atoms with Crippen LogP contribution < -0.4 is 5.73 Å². The monoisotopic (exact) mass is 227 g/mol. The highest BCUT2D eigenvalue weighted by Gasteiger charge is 2.43. The predicted octanol–water partition coefficient (Wildman–Crippen LogP) is 2.48. The molecule has 0 aromatic rings. The van der Waals surface area contributed by atoms with Crippen molar-refractivity contribution >= 4 is 5.97 Å². The van der Waals surface area contributed by atoms with Crippen LogP contribution in [0.1, 0.15) is 53.9 Å². The Bertz CT molecular complexity index is 258. The molecule has 0 heterocycles. The number of nitrogens with two attached hydrogens (primary N) is 1. The van der Waals surface area contributed by atoms with Gasteiger partial charge in [0.25, 0.3) is 0 Å². The summed E-state index contributed by atoms with van der Waals surface area (Å²) in [5, 5.41) is 0. The number of esters is 1. The summed E-state index contributed by atoms with van der Waals surface area (Å²) in [6.07, 6.45) is 2.64. The summed E-state index contributed by atoms with van der Waals surface area (Å²) in [7, 11) is 0. The second kappa shape index (κ2) is 4.36. The van der Waals surface area contributed by atoms with Crippen LogP contribution in [0.4, 0.5) is 0 Å². The van der Waals surface area contributed by atoms with Gasteiger partial charge < -0.3 is 10.5 Å². The predicted molar refractivity (Wildman–Crippen MR) is 64.9 cm³/mol. The van der Waals surface area contributed by atoms with E-state index in [2.05, 4.69) is 13.8 Å². The molecular formula is C13H25NO2. The van der Waals surface area contributed by atoms with Gasteiger partial charge in [0.2, 0.25) is 0 Å². The van der Waals surface area contributed by atoms with E-state index in [4.69, 9.17) is 10.5 Å². The molecule has 0 radical (unpaired) electrons. The lowest BCUT2D eigenvalue weighted by molar-refractivity contribution is -0.164. The number of carbonyl (C=O) groups is 1. The normalized spacial score (nSPS) is 35.9. The Labute approximate surface area is 98.7 Å². The first-order chi connectivity index (χ1) is 7.12. The Morgan fingerprint density at radius 3 is 2.06 bits per heavy atom. The third-order valence-electron chi connectivity index (χ3n) is 3.04. The minimum absolute atomic E-state index is 0.238. The van der Waals surface area contributed by atoms with Crippen LogP contribution in [0.15, 0.2) is 0 Å². The maximum absolute atomic E-state index is 12.1. The number of carbonyl (C=O) groups excluding carboxylic acids is 1. The fourth-order valence-corrected chi connectivity index (χ4v) is 2.73. The van der Waals surface area contributed by atoms with Gasteiger partial charge in [0, 0.05) is 0 Å². The molecule has 3 atom stereocenters. The number of ether oxygens (including phenoxy) is 1. The van der Waals surface area contributed by atoms with Crippen molar-refractivity contribution in [2.24, 2.45) is 17.6 Å². The van der Waals surface area contributed by atoms with Gasteiger partial charge in [-0.05, 0) is 51.9 Å². The molecule has 0 bridgehead atoms. The number of hydrogen-bond acceptors (Lipinski definition) is 3. The highest BCUT2D eigenvalue weighted by atomic mass is 16.6. The van der Waals surface area contributed by atoms with Crippen LogP contribution in [0.2, 0.25) is 0 Å². The minimum atomic E-state index is -0.773. The molecule has 1 aliphatic rings. The van der Waals surface area contributed by atoms with E-state index in [1.807, 2.05) is 20.8 Å². The maximum atomic E-state index is 12.1. The van der Waals surface area contributed by atoms with E-state index >= 15 is 0 Å². The zero-order valence-electron chi connectivity index (χ0n) is 11.2. The summed E-state index contributed by atoms with van der Waals surface area (Å²) in [6, 6.07) is 0. The molecule has 1 fully saturated rings. The summed E-state index contributed by atoms with van der Waals surface area (Å²) < 4.78 is 5.41. The van der Waals surface area contributed by atoms with Crippen LogP contribution >= 0.6 is 0 Å². The van der Waals surface area contributed by atoms with Crippen molar-refractivity contribution in [2.75, 3.05) is 0 Å². The Balaban J connectivity index is 2.72. The Morgan fingerprint density at radius 1 is 1.25 bits per heavy atom. The lowest BCUT2D eigenvalue weighted by Crippen LogP contribution is -2.55. The third-order valence-corrected chi connectivity index (χ3v) is 3.04. The largest absolute Gasteiger partial charge is 0.459 e. The van der Waals surface area contributed by atoms with E-state index in [-0.39, 0.29) is 5.97 Å². The summed E-state index contributed by atoms with van der Waals surface area (Å²) in [6.45, 7) is 9.95. The smallest absolute Gasteiger partial charge is 0.326 e. The van der Waals surface area contributed by atoms with Crippen molar-refractivity contribution in [2.45, 2.75) is 65.0 Å². The summed E-state index contributed by atoms with van der Waals surface area (Å²) in [5.41, 5.74) is 4.99. The van der Waals surface area contributed by atoms with Gasteiger partial charge in [-0.2, -0.15) is 0 Å². The molecular weight excluding hydrogens is 202 g/mol. The van der Waals surface area contributed by atoms with Crippen LogP contribution in [0.5, 0.6) is 0 Å². The molecule has 2 N–H and O–H groups in total. The first-order valence-electron chi connectivity index (χ1n) is 6.15. The topological polar surface area (TPSA) is 52.3 Å². The van der Waals surface area contributed by atoms with Gasteiger partial charge in [0.15, 0.2) is 0 Å². The van der Waals surface area contributed by atoms with Crippen molar-refractivity contribution in [1.82, 2.24) is 0 Å². The SMILES string of the molecule is C[C@@H]1C[C@H](C)CC(N)(C(=O)OC(C)(C)C)C1. The quantitative estimate of drug-likeness (QED) is 0.700. The van der Waals surface area contributed by atoms with Crippen molar-refractivity contribution < 1.29 is 9.53 Å². The number of rotatable bonds is 1. The Morgan fingerprint density at radius 2 is 1.69 bits per heavy atom. The van der Waals surface area contributed by atoms with Crippen LogP contribution in [-0.4, -0.2) is 17.1 Å². The molecule has 3 nitrogen and oxygen atoms in total. The molecule has 0 saturated heterocycles. The zero-order chi connectivity index (χ0) is 12.6. The molecule has 0 spiro atoms. The van der Waals surface area contributed by atoms with Gasteiger partial charge in [-0.25, -0.2) is 0 Å². The van der Waals surface area contributed by atoms with Gasteiger partial charge in [-0.15, -0.1) is 0 Å². The van der Waals surface area contributed by atoms with E-state index in [1.54, 1.807) is 0 Å². The third kappa shape index (κ3) is 3.48. The lowest BCUT2D eigenvalue weighted by Gasteiger charge is -2.39. The fraction of sp³-hybridized carbons (Fsp3) is 0.923. The lowest BCUT2D eigenvalue weighted by atomic mass is 9.72. The molecule has 94 valence electrons. The van der Waals surface area contributed by atoms with Crippen LogP contribution in [0.3, 0.4) is 0 Å². The minimum Gasteiger partial charge on any atom is -0.459 e. The molecule has 0 aromatic heterocycles. The van der Waals surface area contributed by atoms with Gasteiger partial charge in [0.05, 0.1) is 0 Å². The first-order valence-corrected chi connectivity index (χ1v) is 6.15. The molecule has 1 unspecified atom stereocenters. The van der Waals surface area contributed by atoms with E-state index in [1.165, 1.54) is 0 Å². The van der Waals surface area contributed by atoms with Crippen LogP contribution in [-0.2, 0) is 9.53 Å². The van der Waals surface area contributed by atoms with Crippen LogP contribution in [0, 0.1) is 11.8 Å². The van der Waals surface area contributed by atoms with Crippen molar-refractivity contribution in [3.8, 4) is 0 Å². The first kappa shape index (κ1) is 13.5. The van der Waals surface area contributed by atoms with Gasteiger partial charge in [0.1, 0.15) is 11.1 Å². The van der Waals surface area contributed by atoms with Crippen LogP contribution in [0.25, 0.3) is 0 Å². The molecule has 0 aromatic carbocycles. The summed E-state index contributed by atoms with van der Waals surface area (Å²) in [5.74, 6) is 0.765. The second-order valence-electron chi connectivity index (χ2n) is 6.51. The van der Waals surface area contributed by atoms with Crippen molar-refractivity contribution in [1.29, 1.82) is 0 Å². The number of hydrogen-bond donors (Lipinski definition) is 1. The molecule has 3 heteroatoms. The maximum Gasteiger partial charge on any atom is 0.326 e. The average Bonchev–Trinajstić information content (AvgIpc) is 1.97. The van der Waals surface area contributed by atoms with Crippen molar-refractivity contribution in [3.63, 3.8) is 0 Å². The summed E-state index contributed by atoms with van der Waals surface area (Å²) in [4.78, 5) is 12.1. The van der Waals surface area contributed by atoms with E-state index < -0.39 is 11.1 Å². The Hall–Kier alpha value is -0.570. The van der Waals surface area contributed by atoms with E-state index in [9.17, 15) is 4.79 Å². The van der Waals surface area contributed by atoms with Gasteiger partial charge in [-0.1, -0.05) is 13.8 Å². The molecule has 0 aliphatic heterocycles. The molecule has 16 heavy (non-hydrogen) atoms. The molecule has 1 rings (SSSR count). The Kier molecular flexibility index (Phi) is 3.68. The fourth-order valence-electron chi connectivity index (χ4n) is 2.73. The average molecular weight is 227 g/mol. The van der Waals surface area contributed by atoms with Crippen molar-refractivity contribution in [3.05, 3.63) is 0 Å². The van der Waals surface area contributed by atoms with Gasteiger partial charge >= 0.3 is 5.97 Å². The second-order valence-corrected chi connectivity index (χ2v) is 6.51. The van der Waals surface area contributed by atoms with Gasteiger partial charge in [-0.3, -0.25) is 4.79 Å². The highest BCUT2D eigenvalue weighted by molar-refractivity contribution is 5.81. The molecule has 1 saturated carbocycles. The zero-order valence-corrected chi connectivity index (χ0v) is 11.2. The molecule has 1 aliphatic carbocycles. The van der Waals surface area contributed by atoms with E-state index in [0.29, 0.717) is 11.8 Å².